The molecule has 3 nitrogen and oxygen atoms in total. The predicted octanol–water partition coefficient (Wildman–Crippen LogP) is 3.58. The lowest BCUT2D eigenvalue weighted by atomic mass is 10.1. The second-order valence-electron chi connectivity index (χ2n) is 5.82. The van der Waals surface area contributed by atoms with Gasteiger partial charge in [0.05, 0.1) is 5.56 Å². The summed E-state index contributed by atoms with van der Waals surface area (Å²) in [5.74, 6) is -1.76. The van der Waals surface area contributed by atoms with Gasteiger partial charge in [0, 0.05) is 37.7 Å². The Hall–Kier alpha value is -1.98. The van der Waals surface area contributed by atoms with Crippen molar-refractivity contribution in [1.82, 2.24) is 9.80 Å². The van der Waals surface area contributed by atoms with Crippen LogP contribution in [0.4, 0.5) is 8.78 Å². The van der Waals surface area contributed by atoms with E-state index in [2.05, 4.69) is 4.90 Å². The fourth-order valence-electron chi connectivity index (χ4n) is 2.79. The monoisotopic (exact) mass is 350 g/mol. The quantitative estimate of drug-likeness (QED) is 0.844. The minimum atomic E-state index is -0.690. The number of rotatable bonds is 3. The van der Waals surface area contributed by atoms with Gasteiger partial charge in [-0.25, -0.2) is 8.78 Å². The third-order valence-corrected chi connectivity index (χ3v) is 4.39. The van der Waals surface area contributed by atoms with Crippen molar-refractivity contribution in [2.75, 3.05) is 26.2 Å². The van der Waals surface area contributed by atoms with Crippen LogP contribution in [0.2, 0.25) is 5.02 Å². The Bertz CT molecular complexity index is 728. The van der Waals surface area contributed by atoms with Crippen molar-refractivity contribution >= 4 is 17.5 Å². The molecule has 0 bridgehead atoms. The zero-order valence-electron chi connectivity index (χ0n) is 13.0. The molecule has 0 aliphatic carbocycles. The van der Waals surface area contributed by atoms with E-state index in [-0.39, 0.29) is 5.56 Å². The third kappa shape index (κ3) is 3.91. The van der Waals surface area contributed by atoms with Gasteiger partial charge >= 0.3 is 0 Å². The first kappa shape index (κ1) is 16.9. The summed E-state index contributed by atoms with van der Waals surface area (Å²) in [7, 11) is 0. The molecule has 2 aromatic rings. The third-order valence-electron chi connectivity index (χ3n) is 4.14. The van der Waals surface area contributed by atoms with E-state index in [0.717, 1.165) is 30.3 Å². The molecule has 1 heterocycles. The number of benzene rings is 2. The van der Waals surface area contributed by atoms with Crippen molar-refractivity contribution < 1.29 is 13.6 Å². The lowest BCUT2D eigenvalue weighted by Crippen LogP contribution is -2.48. The van der Waals surface area contributed by atoms with Gasteiger partial charge < -0.3 is 4.90 Å². The predicted molar refractivity (Wildman–Crippen MR) is 89.0 cm³/mol. The normalized spacial score (nSPS) is 15.5. The van der Waals surface area contributed by atoms with Crippen molar-refractivity contribution in [3.05, 3.63) is 70.2 Å². The zero-order chi connectivity index (χ0) is 17.1. The van der Waals surface area contributed by atoms with Gasteiger partial charge in [-0.15, -0.1) is 0 Å². The van der Waals surface area contributed by atoms with Gasteiger partial charge in [0.15, 0.2) is 0 Å². The highest BCUT2D eigenvalue weighted by molar-refractivity contribution is 6.30. The minimum absolute atomic E-state index is 0.207. The summed E-state index contributed by atoms with van der Waals surface area (Å²) in [6, 6.07) is 10.6. The molecule has 0 N–H and O–H groups in total. The number of hydrogen-bond donors (Lipinski definition) is 0. The number of carbonyl (C=O) groups excluding carboxylic acids is 1. The molecule has 0 aromatic heterocycles. The van der Waals surface area contributed by atoms with E-state index in [4.69, 9.17) is 11.6 Å². The number of amides is 1. The second kappa shape index (κ2) is 7.28. The summed E-state index contributed by atoms with van der Waals surface area (Å²) < 4.78 is 27.0. The largest absolute Gasteiger partial charge is 0.336 e. The molecule has 126 valence electrons. The molecule has 6 heteroatoms. The van der Waals surface area contributed by atoms with Gasteiger partial charge in [0.2, 0.25) is 0 Å². The summed E-state index contributed by atoms with van der Waals surface area (Å²) in [5.41, 5.74) is 0.941. The first-order valence-electron chi connectivity index (χ1n) is 7.74. The van der Waals surface area contributed by atoms with Crippen LogP contribution >= 0.6 is 11.6 Å². The first-order chi connectivity index (χ1) is 11.5. The van der Waals surface area contributed by atoms with Crippen molar-refractivity contribution in [3.8, 4) is 0 Å². The molecule has 1 fully saturated rings. The lowest BCUT2D eigenvalue weighted by molar-refractivity contribution is 0.0623. The van der Waals surface area contributed by atoms with Crippen LogP contribution in [-0.2, 0) is 6.54 Å². The average Bonchev–Trinajstić information content (AvgIpc) is 2.59. The van der Waals surface area contributed by atoms with Crippen molar-refractivity contribution in [1.29, 1.82) is 0 Å². The maximum absolute atomic E-state index is 13.7. The summed E-state index contributed by atoms with van der Waals surface area (Å²) in [6.45, 7) is 3.12. The molecule has 3 rings (SSSR count). The lowest BCUT2D eigenvalue weighted by Gasteiger charge is -2.34. The first-order valence-corrected chi connectivity index (χ1v) is 8.12. The van der Waals surface area contributed by atoms with Gasteiger partial charge in [-0.1, -0.05) is 23.7 Å². The minimum Gasteiger partial charge on any atom is -0.336 e. The van der Waals surface area contributed by atoms with E-state index >= 15 is 0 Å². The van der Waals surface area contributed by atoms with Crippen LogP contribution in [-0.4, -0.2) is 41.9 Å². The standard InChI is InChI=1S/C18H17ClF2N2O/c19-14-3-1-13(2-4-14)12-22-7-9-23(10-8-22)18(24)16-11-15(20)5-6-17(16)21/h1-6,11H,7-10,12H2. The van der Waals surface area contributed by atoms with Crippen LogP contribution < -0.4 is 0 Å². The number of nitrogens with zero attached hydrogens (tertiary/aromatic N) is 2. The average molecular weight is 351 g/mol. The topological polar surface area (TPSA) is 23.6 Å². The van der Waals surface area contributed by atoms with Gasteiger partial charge in [-0.05, 0) is 35.9 Å². The van der Waals surface area contributed by atoms with Gasteiger partial charge in [0.1, 0.15) is 11.6 Å². The molecular formula is C18H17ClF2N2O. The summed E-state index contributed by atoms with van der Waals surface area (Å²) in [5, 5.41) is 0.700. The van der Waals surface area contributed by atoms with Crippen molar-refractivity contribution in [3.63, 3.8) is 0 Å². The molecule has 1 amide bonds. The summed E-state index contributed by atoms with van der Waals surface area (Å²) >= 11 is 5.88. The van der Waals surface area contributed by atoms with Crippen LogP contribution in [0.1, 0.15) is 15.9 Å². The highest BCUT2D eigenvalue weighted by Crippen LogP contribution is 2.16. The molecule has 2 aromatic carbocycles. The molecule has 24 heavy (non-hydrogen) atoms. The van der Waals surface area contributed by atoms with Crippen molar-refractivity contribution in [2.45, 2.75) is 6.54 Å². The highest BCUT2D eigenvalue weighted by atomic mass is 35.5. The highest BCUT2D eigenvalue weighted by Gasteiger charge is 2.24. The molecule has 0 atom stereocenters. The van der Waals surface area contributed by atoms with Gasteiger partial charge in [-0.2, -0.15) is 0 Å². The van der Waals surface area contributed by atoms with E-state index in [9.17, 15) is 13.6 Å². The number of carbonyl (C=O) groups is 1. The maximum atomic E-state index is 13.7. The SMILES string of the molecule is O=C(c1cc(F)ccc1F)N1CCN(Cc2ccc(Cl)cc2)CC1. The Morgan fingerprint density at radius 1 is 1.00 bits per heavy atom. The van der Waals surface area contributed by atoms with E-state index < -0.39 is 17.5 Å². The number of hydrogen-bond acceptors (Lipinski definition) is 2. The van der Waals surface area contributed by atoms with Crippen LogP contribution in [0.3, 0.4) is 0 Å². The Morgan fingerprint density at radius 3 is 2.33 bits per heavy atom. The zero-order valence-corrected chi connectivity index (χ0v) is 13.8. The molecule has 0 unspecified atom stereocenters. The molecule has 0 radical (unpaired) electrons. The number of piperazine rings is 1. The van der Waals surface area contributed by atoms with Crippen LogP contribution in [0.15, 0.2) is 42.5 Å². The fourth-order valence-corrected chi connectivity index (χ4v) is 2.91. The summed E-state index contributed by atoms with van der Waals surface area (Å²) in [4.78, 5) is 16.1. The molecule has 1 aliphatic rings. The second-order valence-corrected chi connectivity index (χ2v) is 6.26. The van der Waals surface area contributed by atoms with Crippen LogP contribution in [0, 0.1) is 11.6 Å². The summed E-state index contributed by atoms with van der Waals surface area (Å²) in [6.07, 6.45) is 0. The van der Waals surface area contributed by atoms with Crippen LogP contribution in [0.25, 0.3) is 0 Å². The van der Waals surface area contributed by atoms with E-state index in [1.165, 1.54) is 0 Å². The van der Waals surface area contributed by atoms with Crippen LogP contribution in [0.5, 0.6) is 0 Å². The smallest absolute Gasteiger partial charge is 0.257 e. The van der Waals surface area contributed by atoms with Crippen molar-refractivity contribution in [2.24, 2.45) is 0 Å². The molecule has 0 saturated carbocycles. The Balaban J connectivity index is 1.59. The Kier molecular flexibility index (Phi) is 5.11. The van der Waals surface area contributed by atoms with E-state index in [1.807, 2.05) is 24.3 Å². The Labute approximate surface area is 144 Å². The molecular weight excluding hydrogens is 334 g/mol. The maximum Gasteiger partial charge on any atom is 0.257 e. The van der Waals surface area contributed by atoms with E-state index in [1.54, 1.807) is 4.90 Å². The fraction of sp³-hybridized carbons (Fsp3) is 0.278. The molecule has 1 saturated heterocycles. The van der Waals surface area contributed by atoms with Gasteiger partial charge in [-0.3, -0.25) is 9.69 Å². The molecule has 0 spiro atoms. The van der Waals surface area contributed by atoms with Gasteiger partial charge in [0.25, 0.3) is 5.91 Å². The van der Waals surface area contributed by atoms with E-state index in [0.29, 0.717) is 31.2 Å². The molecule has 1 aliphatic heterocycles. The Morgan fingerprint density at radius 2 is 1.67 bits per heavy atom. The number of halogens is 3.